The largest absolute Gasteiger partial charge is 0.439 e. The van der Waals surface area contributed by atoms with Gasteiger partial charge in [-0.2, -0.15) is 0 Å². The van der Waals surface area contributed by atoms with Gasteiger partial charge in [0.2, 0.25) is 17.7 Å². The molecule has 0 radical (unpaired) electrons. The molecule has 28 heavy (non-hydrogen) atoms. The summed E-state index contributed by atoms with van der Waals surface area (Å²) in [5.41, 5.74) is 0.666. The van der Waals surface area contributed by atoms with Crippen LogP contribution < -0.4 is 15.0 Å². The van der Waals surface area contributed by atoms with E-state index in [0.29, 0.717) is 11.6 Å². The Labute approximate surface area is 163 Å². The number of nitrogens with one attached hydrogen (secondary N) is 1. The van der Waals surface area contributed by atoms with E-state index < -0.39 is 0 Å². The molecule has 0 aliphatic carbocycles. The molecule has 7 nitrogen and oxygen atoms in total. The lowest BCUT2D eigenvalue weighted by atomic mass is 9.96. The van der Waals surface area contributed by atoms with Gasteiger partial charge < -0.3 is 15.0 Å². The van der Waals surface area contributed by atoms with E-state index in [0.717, 1.165) is 37.6 Å². The molecule has 1 aliphatic heterocycles. The van der Waals surface area contributed by atoms with Gasteiger partial charge in [0.15, 0.2) is 0 Å². The molecule has 1 aliphatic rings. The summed E-state index contributed by atoms with van der Waals surface area (Å²) in [6.45, 7) is 1.54. The van der Waals surface area contributed by atoms with Crippen LogP contribution in [-0.2, 0) is 4.79 Å². The molecule has 1 aromatic carbocycles. The number of aromatic nitrogens is 3. The quantitative estimate of drug-likeness (QED) is 0.735. The summed E-state index contributed by atoms with van der Waals surface area (Å²) in [6.07, 6.45) is 6.63. The van der Waals surface area contributed by atoms with Gasteiger partial charge in [0.25, 0.3) is 0 Å². The van der Waals surface area contributed by atoms with Gasteiger partial charge in [-0.1, -0.05) is 18.2 Å². The van der Waals surface area contributed by atoms with Crippen molar-refractivity contribution in [1.82, 2.24) is 15.0 Å². The Kier molecular flexibility index (Phi) is 5.42. The molecule has 142 valence electrons. The maximum atomic E-state index is 12.6. The highest BCUT2D eigenvalue weighted by Gasteiger charge is 2.26. The van der Waals surface area contributed by atoms with Crippen LogP contribution >= 0.6 is 0 Å². The smallest absolute Gasteiger partial charge is 0.227 e. The van der Waals surface area contributed by atoms with E-state index in [-0.39, 0.29) is 11.8 Å². The fraction of sp³-hybridized carbons (Fsp3) is 0.238. The van der Waals surface area contributed by atoms with E-state index >= 15 is 0 Å². The third-order valence-corrected chi connectivity index (χ3v) is 4.67. The van der Waals surface area contributed by atoms with Crippen LogP contribution in [0.25, 0.3) is 0 Å². The van der Waals surface area contributed by atoms with Crippen LogP contribution in [0.2, 0.25) is 0 Å². The summed E-state index contributed by atoms with van der Waals surface area (Å²) in [7, 11) is 0. The first-order valence-corrected chi connectivity index (χ1v) is 9.30. The Morgan fingerprint density at radius 3 is 2.39 bits per heavy atom. The maximum Gasteiger partial charge on any atom is 0.227 e. The van der Waals surface area contributed by atoms with Gasteiger partial charge in [-0.15, -0.1) is 0 Å². The van der Waals surface area contributed by atoms with Crippen LogP contribution in [0.5, 0.6) is 11.6 Å². The van der Waals surface area contributed by atoms with Gasteiger partial charge in [-0.05, 0) is 37.1 Å². The number of amides is 1. The van der Waals surface area contributed by atoms with Crippen molar-refractivity contribution in [1.29, 1.82) is 0 Å². The van der Waals surface area contributed by atoms with Crippen LogP contribution in [0.3, 0.4) is 0 Å². The van der Waals surface area contributed by atoms with Gasteiger partial charge in [0.1, 0.15) is 5.75 Å². The number of hydrogen-bond acceptors (Lipinski definition) is 6. The minimum atomic E-state index is -0.0276. The number of rotatable bonds is 5. The predicted octanol–water partition coefficient (Wildman–Crippen LogP) is 3.52. The number of carbonyl (C=O) groups is 1. The third kappa shape index (κ3) is 4.43. The van der Waals surface area contributed by atoms with E-state index in [1.165, 1.54) is 0 Å². The maximum absolute atomic E-state index is 12.6. The summed E-state index contributed by atoms with van der Waals surface area (Å²) in [4.78, 5) is 27.5. The number of nitrogens with zero attached hydrogens (tertiary/aromatic N) is 4. The molecule has 1 saturated heterocycles. The fourth-order valence-corrected chi connectivity index (χ4v) is 3.16. The molecule has 0 bridgehead atoms. The second kappa shape index (κ2) is 8.47. The highest BCUT2D eigenvalue weighted by molar-refractivity contribution is 5.92. The number of benzene rings is 1. The molecule has 0 spiro atoms. The highest BCUT2D eigenvalue weighted by atomic mass is 16.5. The molecule has 1 fully saturated rings. The van der Waals surface area contributed by atoms with Crippen molar-refractivity contribution >= 4 is 17.5 Å². The van der Waals surface area contributed by atoms with Crippen molar-refractivity contribution in [2.24, 2.45) is 5.92 Å². The normalized spacial score (nSPS) is 14.5. The second-order valence-electron chi connectivity index (χ2n) is 6.60. The first-order valence-electron chi connectivity index (χ1n) is 9.30. The number of anilines is 2. The lowest BCUT2D eigenvalue weighted by molar-refractivity contribution is -0.120. The van der Waals surface area contributed by atoms with E-state index in [4.69, 9.17) is 4.74 Å². The van der Waals surface area contributed by atoms with E-state index in [1.807, 2.05) is 30.3 Å². The lowest BCUT2D eigenvalue weighted by Gasteiger charge is -2.31. The Morgan fingerprint density at radius 1 is 0.964 bits per heavy atom. The Morgan fingerprint density at radius 2 is 1.71 bits per heavy atom. The topological polar surface area (TPSA) is 80.2 Å². The number of hydrogen-bond donors (Lipinski definition) is 1. The average Bonchev–Trinajstić information content (AvgIpc) is 2.76. The van der Waals surface area contributed by atoms with Gasteiger partial charge in [-0.25, -0.2) is 15.0 Å². The molecular weight excluding hydrogens is 354 g/mol. The molecule has 1 N–H and O–H groups in total. The summed E-state index contributed by atoms with van der Waals surface area (Å²) < 4.78 is 5.67. The average molecular weight is 375 g/mol. The SMILES string of the molecule is O=C(Nc1ccc(Oc2ccccc2)nc1)C1CCN(c2ncccn2)CC1. The van der Waals surface area contributed by atoms with Crippen molar-refractivity contribution in [2.45, 2.75) is 12.8 Å². The molecule has 3 heterocycles. The van der Waals surface area contributed by atoms with Gasteiger partial charge >= 0.3 is 0 Å². The fourth-order valence-electron chi connectivity index (χ4n) is 3.16. The van der Waals surface area contributed by atoms with Crippen LogP contribution in [0.15, 0.2) is 67.1 Å². The molecule has 3 aromatic rings. The van der Waals surface area contributed by atoms with E-state index in [9.17, 15) is 4.79 Å². The molecule has 4 rings (SSSR count). The van der Waals surface area contributed by atoms with E-state index in [2.05, 4.69) is 25.2 Å². The molecule has 0 unspecified atom stereocenters. The summed E-state index contributed by atoms with van der Waals surface area (Å²) in [5.74, 6) is 1.92. The zero-order valence-electron chi connectivity index (χ0n) is 15.4. The summed E-state index contributed by atoms with van der Waals surface area (Å²) in [6, 6.07) is 14.8. The van der Waals surface area contributed by atoms with Crippen LogP contribution in [0, 0.1) is 5.92 Å². The lowest BCUT2D eigenvalue weighted by Crippen LogP contribution is -2.39. The third-order valence-electron chi connectivity index (χ3n) is 4.67. The van der Waals surface area contributed by atoms with Crippen molar-refractivity contribution in [3.8, 4) is 11.6 Å². The zero-order valence-corrected chi connectivity index (χ0v) is 15.4. The van der Waals surface area contributed by atoms with E-state index in [1.54, 1.807) is 36.8 Å². The predicted molar refractivity (Wildman–Crippen MR) is 106 cm³/mol. The van der Waals surface area contributed by atoms with Gasteiger partial charge in [0.05, 0.1) is 11.9 Å². The second-order valence-corrected chi connectivity index (χ2v) is 6.60. The first-order chi connectivity index (χ1) is 13.8. The zero-order chi connectivity index (χ0) is 19.2. The molecular formula is C21H21N5O2. The Hall–Kier alpha value is -3.48. The minimum Gasteiger partial charge on any atom is -0.439 e. The molecule has 0 saturated carbocycles. The van der Waals surface area contributed by atoms with Crippen molar-refractivity contribution in [2.75, 3.05) is 23.3 Å². The number of carbonyl (C=O) groups excluding carboxylic acids is 1. The standard InChI is InChI=1S/C21H21N5O2/c27-20(16-9-13-26(14-10-16)21-22-11-4-12-23-21)25-17-7-8-19(24-15-17)28-18-5-2-1-3-6-18/h1-8,11-12,15-16H,9-10,13-14H2,(H,25,27). The first kappa shape index (κ1) is 17.9. The number of pyridine rings is 1. The number of para-hydroxylation sites is 1. The summed E-state index contributed by atoms with van der Waals surface area (Å²) in [5, 5.41) is 2.95. The molecule has 0 atom stereocenters. The van der Waals surface area contributed by atoms with Gasteiger partial charge in [-0.3, -0.25) is 4.79 Å². The minimum absolute atomic E-state index is 0.0205. The molecule has 7 heteroatoms. The molecule has 1 amide bonds. The van der Waals surface area contributed by atoms with Gasteiger partial charge in [0, 0.05) is 37.5 Å². The Balaban J connectivity index is 1.29. The molecule has 2 aromatic heterocycles. The number of piperidine rings is 1. The number of ether oxygens (including phenoxy) is 1. The monoisotopic (exact) mass is 375 g/mol. The Bertz CT molecular complexity index is 895. The summed E-state index contributed by atoms with van der Waals surface area (Å²) >= 11 is 0. The van der Waals surface area contributed by atoms with Crippen molar-refractivity contribution in [3.63, 3.8) is 0 Å². The van der Waals surface area contributed by atoms with Crippen molar-refractivity contribution < 1.29 is 9.53 Å². The van der Waals surface area contributed by atoms with Crippen LogP contribution in [0.4, 0.5) is 11.6 Å². The van der Waals surface area contributed by atoms with Crippen LogP contribution in [0.1, 0.15) is 12.8 Å². The van der Waals surface area contributed by atoms with Crippen LogP contribution in [-0.4, -0.2) is 33.9 Å². The van der Waals surface area contributed by atoms with Crippen molar-refractivity contribution in [3.05, 3.63) is 67.1 Å². The highest BCUT2D eigenvalue weighted by Crippen LogP contribution is 2.23.